The van der Waals surface area contributed by atoms with Crippen molar-refractivity contribution in [2.24, 2.45) is 0 Å². The number of aromatic nitrogens is 2. The zero-order chi connectivity index (χ0) is 18.8. The molecule has 138 valence electrons. The van der Waals surface area contributed by atoms with E-state index in [9.17, 15) is 0 Å². The Labute approximate surface area is 160 Å². The lowest BCUT2D eigenvalue weighted by atomic mass is 10.1. The summed E-state index contributed by atoms with van der Waals surface area (Å²) in [5.74, 6) is 0.603. The monoisotopic (exact) mass is 359 g/mol. The van der Waals surface area contributed by atoms with Gasteiger partial charge >= 0.3 is 0 Å². The molecule has 5 nitrogen and oxygen atoms in total. The molecule has 5 heteroatoms. The number of rotatable bonds is 4. The van der Waals surface area contributed by atoms with Crippen molar-refractivity contribution in [3.8, 4) is 0 Å². The third-order valence-electron chi connectivity index (χ3n) is 5.04. The molecule has 1 fully saturated rings. The molecule has 1 saturated heterocycles. The van der Waals surface area contributed by atoms with Crippen LogP contribution in [0.2, 0.25) is 0 Å². The summed E-state index contributed by atoms with van der Waals surface area (Å²) in [6.45, 7) is 10.4. The molecule has 0 aliphatic carbocycles. The summed E-state index contributed by atoms with van der Waals surface area (Å²) < 4.78 is 0. The lowest BCUT2D eigenvalue weighted by Crippen LogP contribution is -2.44. The maximum Gasteiger partial charge on any atom is 0.227 e. The van der Waals surface area contributed by atoms with Crippen LogP contribution in [0, 0.1) is 0 Å². The second-order valence-electron chi connectivity index (χ2n) is 7.18. The molecule has 3 aromatic rings. The van der Waals surface area contributed by atoms with Gasteiger partial charge in [-0.1, -0.05) is 30.8 Å². The van der Waals surface area contributed by atoms with Gasteiger partial charge in [-0.3, -0.25) is 0 Å². The Morgan fingerprint density at radius 2 is 1.85 bits per heavy atom. The maximum atomic E-state index is 4.74. The van der Waals surface area contributed by atoms with Crippen LogP contribution in [0.4, 0.5) is 17.3 Å². The van der Waals surface area contributed by atoms with Gasteiger partial charge < -0.3 is 15.1 Å². The van der Waals surface area contributed by atoms with Gasteiger partial charge in [0.25, 0.3) is 0 Å². The molecule has 1 aromatic heterocycles. The minimum atomic E-state index is 0.603. The highest BCUT2D eigenvalue weighted by atomic mass is 15.2. The molecule has 0 saturated carbocycles. The second-order valence-corrected chi connectivity index (χ2v) is 7.18. The smallest absolute Gasteiger partial charge is 0.227 e. The largest absolute Gasteiger partial charge is 0.369 e. The molecule has 0 unspecified atom stereocenters. The highest BCUT2D eigenvalue weighted by Crippen LogP contribution is 2.25. The standard InChI is InChI=1S/C22H25N5/c1-16(2)20-9-4-6-17-15-23-22(25-21(17)20)24-18-7-5-8-19(14-18)27-12-10-26(3)11-13-27/h4-9,14-15H,1,10-13H2,2-3H3,(H,23,24,25). The molecule has 2 aromatic carbocycles. The summed E-state index contributed by atoms with van der Waals surface area (Å²) in [6, 6.07) is 14.6. The predicted octanol–water partition coefficient (Wildman–Crippen LogP) is 4.16. The molecule has 0 amide bonds. The number of nitrogens with one attached hydrogen (secondary N) is 1. The third kappa shape index (κ3) is 3.78. The van der Waals surface area contributed by atoms with E-state index in [1.54, 1.807) is 0 Å². The zero-order valence-electron chi connectivity index (χ0n) is 15.9. The van der Waals surface area contributed by atoms with Crippen molar-refractivity contribution in [2.45, 2.75) is 6.92 Å². The first-order chi connectivity index (χ1) is 13.1. The van der Waals surface area contributed by atoms with Gasteiger partial charge in [0, 0.05) is 54.7 Å². The normalized spacial score (nSPS) is 15.1. The first kappa shape index (κ1) is 17.5. The van der Waals surface area contributed by atoms with Crippen molar-refractivity contribution in [1.82, 2.24) is 14.9 Å². The highest BCUT2D eigenvalue weighted by molar-refractivity contribution is 5.90. The summed E-state index contributed by atoms with van der Waals surface area (Å²) in [7, 11) is 2.17. The van der Waals surface area contributed by atoms with E-state index in [4.69, 9.17) is 4.98 Å². The molecule has 27 heavy (non-hydrogen) atoms. The predicted molar refractivity (Wildman–Crippen MR) is 114 cm³/mol. The van der Waals surface area contributed by atoms with Crippen LogP contribution in [0.15, 0.2) is 55.2 Å². The number of fused-ring (bicyclic) bond motifs is 1. The van der Waals surface area contributed by atoms with Crippen LogP contribution in [0.25, 0.3) is 16.5 Å². The van der Waals surface area contributed by atoms with Crippen LogP contribution in [-0.4, -0.2) is 48.1 Å². The van der Waals surface area contributed by atoms with E-state index in [0.29, 0.717) is 5.95 Å². The molecular weight excluding hydrogens is 334 g/mol. The van der Waals surface area contributed by atoms with Crippen LogP contribution in [-0.2, 0) is 0 Å². The average Bonchev–Trinajstić information content (AvgIpc) is 2.68. The molecule has 0 radical (unpaired) electrons. The van der Waals surface area contributed by atoms with Gasteiger partial charge in [-0.15, -0.1) is 0 Å². The fourth-order valence-corrected chi connectivity index (χ4v) is 3.43. The van der Waals surface area contributed by atoms with Crippen LogP contribution in [0.3, 0.4) is 0 Å². The van der Waals surface area contributed by atoms with Crippen molar-refractivity contribution >= 4 is 33.8 Å². The summed E-state index contributed by atoms with van der Waals surface area (Å²) in [5, 5.41) is 4.38. The summed E-state index contributed by atoms with van der Waals surface area (Å²) >= 11 is 0. The zero-order valence-corrected chi connectivity index (χ0v) is 15.9. The fraction of sp³-hybridized carbons (Fsp3) is 0.273. The molecule has 4 rings (SSSR count). The topological polar surface area (TPSA) is 44.3 Å². The van der Waals surface area contributed by atoms with E-state index < -0.39 is 0 Å². The maximum absolute atomic E-state index is 4.74. The van der Waals surface area contributed by atoms with Crippen molar-refractivity contribution < 1.29 is 0 Å². The highest BCUT2D eigenvalue weighted by Gasteiger charge is 2.14. The van der Waals surface area contributed by atoms with Crippen LogP contribution >= 0.6 is 0 Å². The number of para-hydroxylation sites is 1. The van der Waals surface area contributed by atoms with Gasteiger partial charge in [-0.05, 0) is 37.7 Å². The number of piperazine rings is 1. The van der Waals surface area contributed by atoms with E-state index in [0.717, 1.165) is 53.9 Å². The average molecular weight is 359 g/mol. The number of hydrogen-bond donors (Lipinski definition) is 1. The Morgan fingerprint density at radius 3 is 2.63 bits per heavy atom. The van der Waals surface area contributed by atoms with E-state index in [1.165, 1.54) is 5.69 Å². The van der Waals surface area contributed by atoms with E-state index in [2.05, 4.69) is 64.1 Å². The molecule has 0 spiro atoms. The molecule has 0 bridgehead atoms. The molecular formula is C22H25N5. The number of benzene rings is 2. The van der Waals surface area contributed by atoms with Gasteiger partial charge in [0.15, 0.2) is 0 Å². The first-order valence-corrected chi connectivity index (χ1v) is 9.32. The number of likely N-dealkylation sites (N-methyl/N-ethyl adjacent to an activating group) is 1. The molecule has 1 N–H and O–H groups in total. The Kier molecular flexibility index (Phi) is 4.77. The minimum Gasteiger partial charge on any atom is -0.369 e. The SMILES string of the molecule is C=C(C)c1cccc2cnc(Nc3cccc(N4CCN(C)CC4)c3)nc12. The first-order valence-electron chi connectivity index (χ1n) is 9.32. The Hall–Kier alpha value is -2.92. The van der Waals surface area contributed by atoms with E-state index in [1.807, 2.05) is 25.3 Å². The lowest BCUT2D eigenvalue weighted by Gasteiger charge is -2.34. The van der Waals surface area contributed by atoms with Crippen LogP contribution in [0.1, 0.15) is 12.5 Å². The number of anilines is 3. The van der Waals surface area contributed by atoms with Crippen LogP contribution in [0.5, 0.6) is 0 Å². The third-order valence-corrected chi connectivity index (χ3v) is 5.04. The molecule has 1 aliphatic rings. The Balaban J connectivity index is 1.60. The quantitative estimate of drug-likeness (QED) is 0.758. The van der Waals surface area contributed by atoms with E-state index >= 15 is 0 Å². The number of nitrogens with zero attached hydrogens (tertiary/aromatic N) is 4. The van der Waals surface area contributed by atoms with Gasteiger partial charge in [0.2, 0.25) is 5.95 Å². The fourth-order valence-electron chi connectivity index (χ4n) is 3.43. The van der Waals surface area contributed by atoms with Gasteiger partial charge in [-0.25, -0.2) is 9.97 Å². The van der Waals surface area contributed by atoms with Gasteiger partial charge in [0.05, 0.1) is 5.52 Å². The van der Waals surface area contributed by atoms with Crippen molar-refractivity contribution in [1.29, 1.82) is 0 Å². The van der Waals surface area contributed by atoms with Gasteiger partial charge in [0.1, 0.15) is 0 Å². The summed E-state index contributed by atoms with van der Waals surface area (Å²) in [4.78, 5) is 14.0. The number of hydrogen-bond acceptors (Lipinski definition) is 5. The van der Waals surface area contributed by atoms with Crippen LogP contribution < -0.4 is 10.2 Å². The van der Waals surface area contributed by atoms with Crippen molar-refractivity contribution in [3.05, 3.63) is 60.8 Å². The molecule has 0 atom stereocenters. The van der Waals surface area contributed by atoms with Gasteiger partial charge in [-0.2, -0.15) is 0 Å². The lowest BCUT2D eigenvalue weighted by molar-refractivity contribution is 0.313. The Bertz CT molecular complexity index is 973. The van der Waals surface area contributed by atoms with Crippen molar-refractivity contribution in [3.63, 3.8) is 0 Å². The summed E-state index contributed by atoms with van der Waals surface area (Å²) in [6.07, 6.45) is 1.86. The Morgan fingerprint density at radius 1 is 1.07 bits per heavy atom. The number of allylic oxidation sites excluding steroid dienone is 1. The minimum absolute atomic E-state index is 0.603. The molecule has 1 aliphatic heterocycles. The summed E-state index contributed by atoms with van der Waals surface area (Å²) in [5.41, 5.74) is 5.22. The molecule has 2 heterocycles. The second kappa shape index (κ2) is 7.37. The van der Waals surface area contributed by atoms with Crippen molar-refractivity contribution in [2.75, 3.05) is 43.4 Å². The van der Waals surface area contributed by atoms with E-state index in [-0.39, 0.29) is 0 Å².